The van der Waals surface area contributed by atoms with Crippen LogP contribution >= 0.6 is 0 Å². The summed E-state index contributed by atoms with van der Waals surface area (Å²) >= 11 is 0. The van der Waals surface area contributed by atoms with Crippen molar-refractivity contribution in [3.8, 4) is 0 Å². The van der Waals surface area contributed by atoms with Gasteiger partial charge in [0.25, 0.3) is 0 Å². The number of aryl methyl sites for hydroxylation is 2. The second-order valence-electron chi connectivity index (χ2n) is 5.27. The van der Waals surface area contributed by atoms with Gasteiger partial charge in [0.2, 0.25) is 11.8 Å². The standard InChI is InChI=1S/C13H18N6O2/c1-10-16-13(21-17-10)11-4-6-18(7-11)12(20)3-2-5-19-9-14-8-15-19/h8-9,11H,2-7H2,1H3/t11-/m0/s1. The van der Waals surface area contributed by atoms with E-state index >= 15 is 0 Å². The van der Waals surface area contributed by atoms with E-state index in [1.807, 2.05) is 4.90 Å². The number of nitrogens with zero attached hydrogens (tertiary/aromatic N) is 6. The molecule has 1 atom stereocenters. The minimum Gasteiger partial charge on any atom is -0.342 e. The van der Waals surface area contributed by atoms with Crippen LogP contribution in [0.4, 0.5) is 0 Å². The van der Waals surface area contributed by atoms with Gasteiger partial charge in [-0.2, -0.15) is 10.1 Å². The summed E-state index contributed by atoms with van der Waals surface area (Å²) in [7, 11) is 0. The molecular weight excluding hydrogens is 272 g/mol. The molecule has 1 saturated heterocycles. The van der Waals surface area contributed by atoms with Gasteiger partial charge in [-0.1, -0.05) is 5.16 Å². The van der Waals surface area contributed by atoms with Crippen LogP contribution in [-0.2, 0) is 11.3 Å². The van der Waals surface area contributed by atoms with Crippen molar-refractivity contribution in [2.24, 2.45) is 0 Å². The third-order valence-electron chi connectivity index (χ3n) is 3.68. The highest BCUT2D eigenvalue weighted by atomic mass is 16.5. The van der Waals surface area contributed by atoms with Crippen LogP contribution in [0.1, 0.15) is 36.9 Å². The van der Waals surface area contributed by atoms with Gasteiger partial charge < -0.3 is 9.42 Å². The van der Waals surface area contributed by atoms with E-state index in [2.05, 4.69) is 20.2 Å². The highest BCUT2D eigenvalue weighted by Crippen LogP contribution is 2.26. The van der Waals surface area contributed by atoms with Gasteiger partial charge in [0.15, 0.2) is 5.82 Å². The van der Waals surface area contributed by atoms with E-state index in [0.717, 1.165) is 19.4 Å². The van der Waals surface area contributed by atoms with E-state index in [4.69, 9.17) is 4.52 Å². The zero-order valence-electron chi connectivity index (χ0n) is 12.0. The van der Waals surface area contributed by atoms with Gasteiger partial charge in [0.1, 0.15) is 12.7 Å². The van der Waals surface area contributed by atoms with Crippen molar-refractivity contribution in [2.75, 3.05) is 13.1 Å². The normalized spacial score (nSPS) is 18.3. The zero-order valence-corrected chi connectivity index (χ0v) is 12.0. The van der Waals surface area contributed by atoms with Crippen LogP contribution in [0.25, 0.3) is 0 Å². The van der Waals surface area contributed by atoms with Crippen molar-refractivity contribution >= 4 is 5.91 Å². The Bertz CT molecular complexity index is 594. The third-order valence-corrected chi connectivity index (χ3v) is 3.68. The number of rotatable bonds is 5. The van der Waals surface area contributed by atoms with E-state index in [9.17, 15) is 4.79 Å². The molecule has 21 heavy (non-hydrogen) atoms. The van der Waals surface area contributed by atoms with E-state index < -0.39 is 0 Å². The maximum absolute atomic E-state index is 12.2. The topological polar surface area (TPSA) is 89.9 Å². The molecule has 3 heterocycles. The zero-order chi connectivity index (χ0) is 14.7. The predicted octanol–water partition coefficient (Wildman–Crippen LogP) is 0.766. The molecule has 0 bridgehead atoms. The molecule has 8 heteroatoms. The lowest BCUT2D eigenvalue weighted by molar-refractivity contribution is -0.130. The molecule has 1 aliphatic rings. The van der Waals surface area contributed by atoms with Crippen LogP contribution in [0.15, 0.2) is 17.2 Å². The molecule has 2 aromatic heterocycles. The van der Waals surface area contributed by atoms with Gasteiger partial charge in [-0.05, 0) is 19.8 Å². The van der Waals surface area contributed by atoms with Crippen LogP contribution in [0.5, 0.6) is 0 Å². The molecule has 0 aliphatic carbocycles. The average Bonchev–Trinajstić information content (AvgIpc) is 3.19. The highest BCUT2D eigenvalue weighted by molar-refractivity contribution is 5.76. The Hall–Kier alpha value is -2.25. The van der Waals surface area contributed by atoms with Gasteiger partial charge in [0.05, 0.1) is 5.92 Å². The average molecular weight is 290 g/mol. The SMILES string of the molecule is Cc1noc([C@H]2CCN(C(=O)CCCn3cncn3)C2)n1. The predicted molar refractivity (Wildman–Crippen MR) is 72.2 cm³/mol. The van der Waals surface area contributed by atoms with Gasteiger partial charge in [-0.3, -0.25) is 9.48 Å². The minimum atomic E-state index is 0.172. The fourth-order valence-electron chi connectivity index (χ4n) is 2.57. The summed E-state index contributed by atoms with van der Waals surface area (Å²) in [5.41, 5.74) is 0. The summed E-state index contributed by atoms with van der Waals surface area (Å²) in [4.78, 5) is 22.2. The van der Waals surface area contributed by atoms with E-state index in [0.29, 0.717) is 31.2 Å². The van der Waals surface area contributed by atoms with Crippen molar-refractivity contribution in [2.45, 2.75) is 38.6 Å². The molecule has 3 rings (SSSR count). The van der Waals surface area contributed by atoms with Crippen LogP contribution < -0.4 is 0 Å². The smallest absolute Gasteiger partial charge is 0.231 e. The second kappa shape index (κ2) is 6.02. The monoisotopic (exact) mass is 290 g/mol. The number of aromatic nitrogens is 5. The lowest BCUT2D eigenvalue weighted by Gasteiger charge is -2.15. The molecule has 0 spiro atoms. The Morgan fingerprint density at radius 3 is 3.14 bits per heavy atom. The molecule has 2 aromatic rings. The summed E-state index contributed by atoms with van der Waals surface area (Å²) < 4.78 is 6.93. The van der Waals surface area contributed by atoms with E-state index in [1.165, 1.54) is 6.33 Å². The van der Waals surface area contributed by atoms with E-state index in [-0.39, 0.29) is 11.8 Å². The Morgan fingerprint density at radius 2 is 2.43 bits per heavy atom. The Labute approximate surface area is 122 Å². The molecule has 1 aliphatic heterocycles. The summed E-state index contributed by atoms with van der Waals surface area (Å²) in [5, 5.41) is 7.82. The summed E-state index contributed by atoms with van der Waals surface area (Å²) in [6.45, 7) is 3.94. The molecule has 0 saturated carbocycles. The first kappa shape index (κ1) is 13.7. The Balaban J connectivity index is 1.46. The molecule has 0 N–H and O–H groups in total. The van der Waals surface area contributed by atoms with Crippen molar-refractivity contribution in [1.29, 1.82) is 0 Å². The second-order valence-corrected chi connectivity index (χ2v) is 5.27. The number of carbonyl (C=O) groups excluding carboxylic acids is 1. The molecule has 8 nitrogen and oxygen atoms in total. The van der Waals surface area contributed by atoms with Crippen LogP contribution in [0.2, 0.25) is 0 Å². The van der Waals surface area contributed by atoms with Gasteiger partial charge in [0, 0.05) is 26.1 Å². The lowest BCUT2D eigenvalue weighted by Crippen LogP contribution is -2.28. The maximum atomic E-state index is 12.2. The lowest BCUT2D eigenvalue weighted by atomic mass is 10.1. The van der Waals surface area contributed by atoms with Crippen molar-refractivity contribution < 1.29 is 9.32 Å². The van der Waals surface area contributed by atoms with Crippen molar-refractivity contribution in [3.05, 3.63) is 24.4 Å². The third kappa shape index (κ3) is 3.26. The largest absolute Gasteiger partial charge is 0.342 e. The molecule has 112 valence electrons. The molecule has 0 radical (unpaired) electrons. The Morgan fingerprint density at radius 1 is 1.52 bits per heavy atom. The van der Waals surface area contributed by atoms with Crippen LogP contribution in [0.3, 0.4) is 0 Å². The molecule has 0 unspecified atom stereocenters. The van der Waals surface area contributed by atoms with Gasteiger partial charge in [-0.25, -0.2) is 4.98 Å². The van der Waals surface area contributed by atoms with E-state index in [1.54, 1.807) is 17.9 Å². The van der Waals surface area contributed by atoms with Crippen molar-refractivity contribution in [1.82, 2.24) is 29.8 Å². The molecule has 1 amide bonds. The molecule has 1 fully saturated rings. The first-order valence-corrected chi connectivity index (χ1v) is 7.13. The van der Waals surface area contributed by atoms with Gasteiger partial charge >= 0.3 is 0 Å². The molecule has 0 aromatic carbocycles. The first-order chi connectivity index (χ1) is 10.2. The number of amides is 1. The molecular formula is C13H18N6O2. The number of hydrogen-bond donors (Lipinski definition) is 0. The fraction of sp³-hybridized carbons (Fsp3) is 0.615. The van der Waals surface area contributed by atoms with Crippen LogP contribution in [-0.4, -0.2) is 48.8 Å². The summed E-state index contributed by atoms with van der Waals surface area (Å²) in [5.74, 6) is 1.63. The fourth-order valence-corrected chi connectivity index (χ4v) is 2.57. The quantitative estimate of drug-likeness (QED) is 0.807. The number of carbonyl (C=O) groups is 1. The maximum Gasteiger partial charge on any atom is 0.231 e. The van der Waals surface area contributed by atoms with Gasteiger partial charge in [-0.15, -0.1) is 0 Å². The number of hydrogen-bond acceptors (Lipinski definition) is 6. The van der Waals surface area contributed by atoms with Crippen LogP contribution in [0, 0.1) is 6.92 Å². The Kier molecular flexibility index (Phi) is 3.94. The first-order valence-electron chi connectivity index (χ1n) is 7.13. The summed E-state index contributed by atoms with van der Waals surface area (Å²) in [6.07, 6.45) is 5.34. The van der Waals surface area contributed by atoms with Crippen molar-refractivity contribution in [3.63, 3.8) is 0 Å². The highest BCUT2D eigenvalue weighted by Gasteiger charge is 2.30. The summed E-state index contributed by atoms with van der Waals surface area (Å²) in [6, 6.07) is 0. The number of likely N-dealkylation sites (tertiary alicyclic amines) is 1. The minimum absolute atomic E-state index is 0.172.